The first-order valence-electron chi connectivity index (χ1n) is 13.4. The van der Waals surface area contributed by atoms with E-state index in [1.165, 1.54) is 0 Å². The van der Waals surface area contributed by atoms with Crippen LogP contribution in [0.5, 0.6) is 0 Å². The summed E-state index contributed by atoms with van der Waals surface area (Å²) in [6.45, 7) is 2.21. The van der Waals surface area contributed by atoms with E-state index in [0.717, 1.165) is 83.8 Å². The lowest BCUT2D eigenvalue weighted by molar-refractivity contribution is -0.422. The van der Waals surface area contributed by atoms with Crippen LogP contribution in [0.25, 0.3) is 0 Å². The van der Waals surface area contributed by atoms with Gasteiger partial charge >= 0.3 is 29.9 Å². The van der Waals surface area contributed by atoms with Gasteiger partial charge in [-0.1, -0.05) is 70.6 Å². The van der Waals surface area contributed by atoms with E-state index >= 15 is 0 Å². The Morgan fingerprint density at radius 3 is 1.42 bits per heavy atom. The van der Waals surface area contributed by atoms with Crippen molar-refractivity contribution >= 4 is 0 Å². The fourth-order valence-electron chi connectivity index (χ4n) is 4.25. The summed E-state index contributed by atoms with van der Waals surface area (Å²) in [5, 5.41) is 0. The monoisotopic (exact) mass is 580 g/mol. The Morgan fingerprint density at radius 2 is 1.00 bits per heavy atom. The van der Waals surface area contributed by atoms with Crippen LogP contribution in [-0.4, -0.2) is 55.8 Å². The van der Waals surface area contributed by atoms with Crippen molar-refractivity contribution in [1.82, 2.24) is 0 Å². The van der Waals surface area contributed by atoms with Crippen LogP contribution in [0.2, 0.25) is 0 Å². The predicted octanol–water partition coefficient (Wildman–Crippen LogP) is 9.75. The SMILES string of the molecule is FC(F)(F)C(F)(F)C(F)(F)C(F)(F)C(F)(F)CCCCCCCCCCCCCCCOCC1CCCO1. The van der Waals surface area contributed by atoms with E-state index in [1.54, 1.807) is 0 Å². The molecular weight excluding hydrogens is 541 g/mol. The average Bonchev–Trinajstić information content (AvgIpc) is 3.33. The van der Waals surface area contributed by atoms with Gasteiger partial charge in [-0.15, -0.1) is 0 Å². The molecule has 0 saturated carbocycles. The molecule has 13 heteroatoms. The number of unbranched alkanes of at least 4 members (excludes halogenated alkanes) is 12. The Morgan fingerprint density at radius 1 is 0.553 bits per heavy atom. The molecule has 0 aromatic heterocycles. The first-order valence-corrected chi connectivity index (χ1v) is 13.4. The van der Waals surface area contributed by atoms with E-state index in [4.69, 9.17) is 9.47 Å². The standard InChI is InChI=1S/C25H39F11O2/c26-21(27,22(28,29)23(30,31)24(32,33)25(34,35)36)16-12-10-8-6-4-2-1-3-5-7-9-11-13-17-37-19-20-15-14-18-38-20/h20H,1-19H2. The minimum Gasteiger partial charge on any atom is -0.379 e. The molecule has 1 atom stereocenters. The molecule has 0 aromatic rings. The molecule has 38 heavy (non-hydrogen) atoms. The summed E-state index contributed by atoms with van der Waals surface area (Å²) in [5.74, 6) is -27.2. The van der Waals surface area contributed by atoms with E-state index in [-0.39, 0.29) is 12.5 Å². The maximum Gasteiger partial charge on any atom is 0.460 e. The molecule has 1 aliphatic heterocycles. The molecule has 1 saturated heterocycles. The van der Waals surface area contributed by atoms with Gasteiger partial charge in [-0.2, -0.15) is 48.3 Å². The molecule has 1 rings (SSSR count). The summed E-state index contributed by atoms with van der Waals surface area (Å²) in [5.41, 5.74) is 0. The van der Waals surface area contributed by atoms with Crippen LogP contribution in [0.15, 0.2) is 0 Å². The number of halogens is 11. The Hall–Kier alpha value is -0.850. The van der Waals surface area contributed by atoms with E-state index in [1.807, 2.05) is 0 Å². The zero-order valence-electron chi connectivity index (χ0n) is 21.5. The van der Waals surface area contributed by atoms with Gasteiger partial charge in [0.1, 0.15) is 0 Å². The lowest BCUT2D eigenvalue weighted by atomic mass is 9.94. The van der Waals surface area contributed by atoms with Gasteiger partial charge in [0.2, 0.25) is 0 Å². The van der Waals surface area contributed by atoms with Crippen molar-refractivity contribution in [3.63, 3.8) is 0 Å². The van der Waals surface area contributed by atoms with Gasteiger partial charge in [-0.05, 0) is 25.7 Å². The van der Waals surface area contributed by atoms with Crippen molar-refractivity contribution in [2.45, 2.75) is 139 Å². The Balaban J connectivity index is 2.05. The van der Waals surface area contributed by atoms with Crippen LogP contribution in [0.4, 0.5) is 48.3 Å². The summed E-state index contributed by atoms with van der Waals surface area (Å²) >= 11 is 0. The van der Waals surface area contributed by atoms with Crippen LogP contribution in [0.3, 0.4) is 0 Å². The Kier molecular flexibility index (Phi) is 14.6. The number of hydrogen-bond acceptors (Lipinski definition) is 2. The van der Waals surface area contributed by atoms with Gasteiger partial charge in [0.05, 0.1) is 12.7 Å². The van der Waals surface area contributed by atoms with Gasteiger partial charge in [-0.3, -0.25) is 0 Å². The van der Waals surface area contributed by atoms with Crippen LogP contribution in [0, 0.1) is 0 Å². The highest BCUT2D eigenvalue weighted by atomic mass is 19.4. The predicted molar refractivity (Wildman–Crippen MR) is 120 cm³/mol. The smallest absolute Gasteiger partial charge is 0.379 e. The summed E-state index contributed by atoms with van der Waals surface area (Å²) in [7, 11) is 0. The van der Waals surface area contributed by atoms with E-state index in [9.17, 15) is 48.3 Å². The summed E-state index contributed by atoms with van der Waals surface area (Å²) in [6, 6.07) is 0. The molecule has 0 spiro atoms. The molecule has 0 aromatic carbocycles. The highest BCUT2D eigenvalue weighted by Crippen LogP contribution is 2.58. The number of ether oxygens (including phenoxy) is 2. The van der Waals surface area contributed by atoms with E-state index in [2.05, 4.69) is 0 Å². The number of hydrogen-bond donors (Lipinski definition) is 0. The van der Waals surface area contributed by atoms with Crippen LogP contribution in [0.1, 0.15) is 103 Å². The van der Waals surface area contributed by atoms with Gasteiger partial charge in [0.15, 0.2) is 0 Å². The maximum absolute atomic E-state index is 13.6. The van der Waals surface area contributed by atoms with Crippen molar-refractivity contribution < 1.29 is 57.8 Å². The van der Waals surface area contributed by atoms with Crippen LogP contribution < -0.4 is 0 Å². The molecule has 228 valence electrons. The number of rotatable bonds is 21. The minimum atomic E-state index is -7.31. The fraction of sp³-hybridized carbons (Fsp3) is 1.00. The molecule has 0 bridgehead atoms. The molecule has 1 fully saturated rings. The Labute approximate surface area is 217 Å². The topological polar surface area (TPSA) is 18.5 Å². The normalized spacial score (nSPS) is 17.9. The molecular formula is C25H39F11O2. The number of alkyl halides is 11. The highest BCUT2D eigenvalue weighted by Gasteiger charge is 2.86. The summed E-state index contributed by atoms with van der Waals surface area (Å²) in [4.78, 5) is 0. The third-order valence-corrected chi connectivity index (χ3v) is 6.71. The largest absolute Gasteiger partial charge is 0.460 e. The van der Waals surface area contributed by atoms with Gasteiger partial charge in [-0.25, -0.2) is 0 Å². The summed E-state index contributed by atoms with van der Waals surface area (Å²) in [6.07, 6.45) is 2.54. The van der Waals surface area contributed by atoms with E-state index in [0.29, 0.717) is 19.4 Å². The van der Waals surface area contributed by atoms with Crippen molar-refractivity contribution in [2.75, 3.05) is 19.8 Å². The Bertz CT molecular complexity index is 633. The maximum atomic E-state index is 13.6. The molecule has 1 heterocycles. The molecule has 2 nitrogen and oxygen atoms in total. The van der Waals surface area contributed by atoms with Gasteiger partial charge in [0.25, 0.3) is 0 Å². The first kappa shape index (κ1) is 35.2. The van der Waals surface area contributed by atoms with E-state index < -0.39 is 42.7 Å². The van der Waals surface area contributed by atoms with Crippen molar-refractivity contribution in [3.05, 3.63) is 0 Å². The van der Waals surface area contributed by atoms with Crippen molar-refractivity contribution in [3.8, 4) is 0 Å². The van der Waals surface area contributed by atoms with Crippen molar-refractivity contribution in [1.29, 1.82) is 0 Å². The second kappa shape index (κ2) is 15.8. The third kappa shape index (κ3) is 10.3. The van der Waals surface area contributed by atoms with Crippen LogP contribution in [-0.2, 0) is 9.47 Å². The molecule has 0 amide bonds. The second-order valence-electron chi connectivity index (χ2n) is 9.98. The molecule has 0 radical (unpaired) electrons. The minimum absolute atomic E-state index is 0.0652. The van der Waals surface area contributed by atoms with Gasteiger partial charge < -0.3 is 9.47 Å². The average molecular weight is 581 g/mol. The molecule has 1 aliphatic rings. The van der Waals surface area contributed by atoms with Gasteiger partial charge in [0, 0.05) is 19.6 Å². The lowest BCUT2D eigenvalue weighted by Gasteiger charge is -2.37. The third-order valence-electron chi connectivity index (χ3n) is 6.71. The lowest BCUT2D eigenvalue weighted by Crippen LogP contribution is -2.66. The van der Waals surface area contributed by atoms with Crippen molar-refractivity contribution in [2.24, 2.45) is 0 Å². The quantitative estimate of drug-likeness (QED) is 0.0994. The highest BCUT2D eigenvalue weighted by molar-refractivity contribution is 5.06. The molecule has 0 aliphatic carbocycles. The molecule has 1 unspecified atom stereocenters. The van der Waals surface area contributed by atoms with Crippen LogP contribution >= 0.6 is 0 Å². The fourth-order valence-corrected chi connectivity index (χ4v) is 4.25. The zero-order chi connectivity index (χ0) is 28.9. The first-order chi connectivity index (χ1) is 17.6. The second-order valence-corrected chi connectivity index (χ2v) is 9.98. The molecule has 0 N–H and O–H groups in total. The zero-order valence-corrected chi connectivity index (χ0v) is 21.5. The summed E-state index contributed by atoms with van der Waals surface area (Å²) < 4.78 is 154.